The first-order chi connectivity index (χ1) is 12.0. The van der Waals surface area contributed by atoms with Gasteiger partial charge in [0.1, 0.15) is 11.4 Å². The molecule has 1 atom stereocenters. The monoisotopic (exact) mass is 343 g/mol. The number of nitrogens with one attached hydrogen (secondary N) is 1. The topological polar surface area (TPSA) is 83.3 Å². The van der Waals surface area contributed by atoms with E-state index in [0.29, 0.717) is 25.8 Å². The molecule has 0 unspecified atom stereocenters. The maximum absolute atomic E-state index is 12.1. The second-order valence-corrected chi connectivity index (χ2v) is 6.77. The number of pyridine rings is 1. The number of nitrogens with zero attached hydrogens (tertiary/aromatic N) is 4. The van der Waals surface area contributed by atoms with Gasteiger partial charge in [-0.1, -0.05) is 6.07 Å². The van der Waals surface area contributed by atoms with E-state index in [1.165, 1.54) is 0 Å². The zero-order valence-electron chi connectivity index (χ0n) is 14.8. The second-order valence-electron chi connectivity index (χ2n) is 6.77. The molecule has 1 aliphatic heterocycles. The third-order valence-corrected chi connectivity index (χ3v) is 4.66. The van der Waals surface area contributed by atoms with Gasteiger partial charge in [0, 0.05) is 45.5 Å². The standard InChI is InChI=1S/C18H25N5O2/c1-14-15(11-22(2)21-14)6-7-17(24)20-12-18(25)8-10-23(13-18)16-5-3-4-9-19-16/h3-5,9,11,25H,6-8,10,12-13H2,1-2H3,(H,20,24)/t18-/m0/s1. The van der Waals surface area contributed by atoms with Crippen molar-refractivity contribution in [2.75, 3.05) is 24.5 Å². The van der Waals surface area contributed by atoms with Crippen LogP contribution in [0.15, 0.2) is 30.6 Å². The Morgan fingerprint density at radius 1 is 1.44 bits per heavy atom. The minimum Gasteiger partial charge on any atom is -0.386 e. The molecule has 0 radical (unpaired) electrons. The molecule has 1 aliphatic rings. The van der Waals surface area contributed by atoms with Crippen LogP contribution in [0.5, 0.6) is 0 Å². The van der Waals surface area contributed by atoms with Crippen LogP contribution in [0.1, 0.15) is 24.1 Å². The molecular formula is C18H25N5O2. The number of aryl methyl sites for hydroxylation is 3. The zero-order valence-corrected chi connectivity index (χ0v) is 14.8. The van der Waals surface area contributed by atoms with Crippen molar-refractivity contribution in [3.05, 3.63) is 41.9 Å². The molecule has 0 aromatic carbocycles. The second kappa shape index (κ2) is 7.23. The lowest BCUT2D eigenvalue weighted by Gasteiger charge is -2.24. The van der Waals surface area contributed by atoms with Crippen LogP contribution in [0.3, 0.4) is 0 Å². The number of aromatic nitrogens is 3. The van der Waals surface area contributed by atoms with Crippen molar-refractivity contribution in [1.82, 2.24) is 20.1 Å². The quantitative estimate of drug-likeness (QED) is 0.811. The summed E-state index contributed by atoms with van der Waals surface area (Å²) in [4.78, 5) is 18.5. The van der Waals surface area contributed by atoms with Crippen molar-refractivity contribution >= 4 is 11.7 Å². The third-order valence-electron chi connectivity index (χ3n) is 4.66. The average Bonchev–Trinajstić information content (AvgIpc) is 3.15. The highest BCUT2D eigenvalue weighted by molar-refractivity contribution is 5.76. The summed E-state index contributed by atoms with van der Waals surface area (Å²) in [6.07, 6.45) is 5.36. The van der Waals surface area contributed by atoms with E-state index in [0.717, 1.165) is 23.6 Å². The Morgan fingerprint density at radius 3 is 2.96 bits per heavy atom. The highest BCUT2D eigenvalue weighted by Gasteiger charge is 2.36. The smallest absolute Gasteiger partial charge is 0.220 e. The lowest BCUT2D eigenvalue weighted by atomic mass is 10.0. The Balaban J connectivity index is 1.46. The Hall–Kier alpha value is -2.41. The summed E-state index contributed by atoms with van der Waals surface area (Å²) in [5, 5.41) is 17.9. The van der Waals surface area contributed by atoms with Gasteiger partial charge in [0.15, 0.2) is 0 Å². The Bertz CT molecular complexity index is 730. The van der Waals surface area contributed by atoms with Gasteiger partial charge in [-0.05, 0) is 37.5 Å². The average molecular weight is 343 g/mol. The maximum atomic E-state index is 12.1. The largest absolute Gasteiger partial charge is 0.386 e. The lowest BCUT2D eigenvalue weighted by molar-refractivity contribution is -0.122. The van der Waals surface area contributed by atoms with Crippen molar-refractivity contribution < 1.29 is 9.90 Å². The zero-order chi connectivity index (χ0) is 17.9. The summed E-state index contributed by atoms with van der Waals surface area (Å²) < 4.78 is 1.76. The molecule has 1 amide bonds. The summed E-state index contributed by atoms with van der Waals surface area (Å²) in [7, 11) is 1.87. The van der Waals surface area contributed by atoms with Crippen molar-refractivity contribution in [3.63, 3.8) is 0 Å². The summed E-state index contributed by atoms with van der Waals surface area (Å²) in [6, 6.07) is 5.73. The van der Waals surface area contributed by atoms with Gasteiger partial charge in [0.05, 0.1) is 5.69 Å². The van der Waals surface area contributed by atoms with Gasteiger partial charge in [0.25, 0.3) is 0 Å². The number of amides is 1. The highest BCUT2D eigenvalue weighted by atomic mass is 16.3. The van der Waals surface area contributed by atoms with Gasteiger partial charge < -0.3 is 15.3 Å². The Labute approximate surface area is 147 Å². The lowest BCUT2D eigenvalue weighted by Crippen LogP contribution is -2.45. The SMILES string of the molecule is Cc1nn(C)cc1CCC(=O)NC[C@@]1(O)CCN(c2ccccn2)C1. The molecule has 134 valence electrons. The number of carbonyl (C=O) groups excluding carboxylic acids is 1. The fourth-order valence-electron chi connectivity index (χ4n) is 3.23. The maximum Gasteiger partial charge on any atom is 0.220 e. The van der Waals surface area contributed by atoms with E-state index < -0.39 is 5.60 Å². The van der Waals surface area contributed by atoms with Crippen molar-refractivity contribution in [1.29, 1.82) is 0 Å². The van der Waals surface area contributed by atoms with Gasteiger partial charge in [-0.3, -0.25) is 9.48 Å². The third kappa shape index (κ3) is 4.36. The molecule has 3 rings (SSSR count). The van der Waals surface area contributed by atoms with E-state index >= 15 is 0 Å². The summed E-state index contributed by atoms with van der Waals surface area (Å²) >= 11 is 0. The number of rotatable bonds is 6. The Morgan fingerprint density at radius 2 is 2.28 bits per heavy atom. The number of hydrogen-bond donors (Lipinski definition) is 2. The fourth-order valence-corrected chi connectivity index (χ4v) is 3.23. The number of β-amino-alcohol motifs (C(OH)–C–C–N with tert-alkyl or cyclic N) is 1. The molecule has 7 heteroatoms. The number of hydrogen-bond acceptors (Lipinski definition) is 5. The molecule has 2 N–H and O–H groups in total. The van der Waals surface area contributed by atoms with Gasteiger partial charge in [0.2, 0.25) is 5.91 Å². The van der Waals surface area contributed by atoms with Crippen molar-refractivity contribution in [2.45, 2.75) is 31.8 Å². The molecule has 1 fully saturated rings. The van der Waals surface area contributed by atoms with Crippen molar-refractivity contribution in [3.8, 4) is 0 Å². The Kier molecular flexibility index (Phi) is 5.03. The molecule has 2 aromatic rings. The molecule has 25 heavy (non-hydrogen) atoms. The van der Waals surface area contributed by atoms with E-state index in [1.807, 2.05) is 43.3 Å². The first-order valence-corrected chi connectivity index (χ1v) is 8.59. The minimum atomic E-state index is -0.905. The van der Waals surface area contributed by atoms with E-state index in [4.69, 9.17) is 0 Å². The summed E-state index contributed by atoms with van der Waals surface area (Å²) in [5.74, 6) is 0.810. The van der Waals surface area contributed by atoms with Gasteiger partial charge in [-0.15, -0.1) is 0 Å². The molecule has 0 bridgehead atoms. The molecule has 7 nitrogen and oxygen atoms in total. The molecule has 0 saturated carbocycles. The van der Waals surface area contributed by atoms with E-state index in [2.05, 4.69) is 15.4 Å². The number of carbonyl (C=O) groups is 1. The molecule has 0 aliphatic carbocycles. The van der Waals surface area contributed by atoms with Gasteiger partial charge in [-0.2, -0.15) is 5.10 Å². The van der Waals surface area contributed by atoms with Crippen LogP contribution >= 0.6 is 0 Å². The summed E-state index contributed by atoms with van der Waals surface area (Å²) in [5.41, 5.74) is 1.13. The predicted molar refractivity (Wildman–Crippen MR) is 95.3 cm³/mol. The minimum absolute atomic E-state index is 0.0482. The van der Waals surface area contributed by atoms with E-state index in [1.54, 1.807) is 10.9 Å². The highest BCUT2D eigenvalue weighted by Crippen LogP contribution is 2.24. The molecule has 1 saturated heterocycles. The van der Waals surface area contributed by atoms with Gasteiger partial charge >= 0.3 is 0 Å². The van der Waals surface area contributed by atoms with Crippen LogP contribution in [-0.4, -0.2) is 51.0 Å². The molecule has 3 heterocycles. The van der Waals surface area contributed by atoms with E-state index in [-0.39, 0.29) is 12.5 Å². The number of aliphatic hydroxyl groups is 1. The predicted octanol–water partition coefficient (Wildman–Crippen LogP) is 0.814. The fraction of sp³-hybridized carbons (Fsp3) is 0.500. The normalized spacial score (nSPS) is 20.0. The summed E-state index contributed by atoms with van der Waals surface area (Å²) in [6.45, 7) is 3.42. The van der Waals surface area contributed by atoms with Crippen LogP contribution in [0.4, 0.5) is 5.82 Å². The molecular weight excluding hydrogens is 318 g/mol. The first kappa shape index (κ1) is 17.4. The first-order valence-electron chi connectivity index (χ1n) is 8.59. The molecule has 2 aromatic heterocycles. The van der Waals surface area contributed by atoms with Gasteiger partial charge in [-0.25, -0.2) is 4.98 Å². The van der Waals surface area contributed by atoms with Crippen LogP contribution in [0.2, 0.25) is 0 Å². The van der Waals surface area contributed by atoms with Crippen LogP contribution in [-0.2, 0) is 18.3 Å². The van der Waals surface area contributed by atoms with Crippen LogP contribution < -0.4 is 10.2 Å². The van der Waals surface area contributed by atoms with Crippen LogP contribution in [0.25, 0.3) is 0 Å². The van der Waals surface area contributed by atoms with Crippen molar-refractivity contribution in [2.24, 2.45) is 7.05 Å². The molecule has 0 spiro atoms. The van der Waals surface area contributed by atoms with Crippen LogP contribution in [0, 0.1) is 6.92 Å². The van der Waals surface area contributed by atoms with E-state index in [9.17, 15) is 9.90 Å². The number of anilines is 1.